The third-order valence-electron chi connectivity index (χ3n) is 3.66. The number of nitrogens with one attached hydrogen (secondary N) is 3. The summed E-state index contributed by atoms with van der Waals surface area (Å²) in [4.78, 5) is 48.7. The topological polar surface area (TPSA) is 117 Å². The van der Waals surface area contributed by atoms with Crippen LogP contribution in [0.25, 0.3) is 0 Å². The minimum absolute atomic E-state index is 0.141. The zero-order chi connectivity index (χ0) is 20.4. The molecule has 0 spiro atoms. The number of amides is 4. The molecule has 0 bridgehead atoms. The number of likely N-dealkylation sites (N-methyl/N-ethyl adjacent to an activating group) is 2. The Labute approximate surface area is 158 Å². The summed E-state index contributed by atoms with van der Waals surface area (Å²) in [6.07, 6.45) is 0. The molecule has 1 aromatic rings. The molecule has 9 nitrogen and oxygen atoms in total. The summed E-state index contributed by atoms with van der Waals surface area (Å²) in [5, 5.41) is 7.56. The molecule has 1 aromatic carbocycles. The van der Waals surface area contributed by atoms with Crippen molar-refractivity contribution in [1.82, 2.24) is 15.5 Å². The molecule has 4 amide bonds. The fourth-order valence-corrected chi connectivity index (χ4v) is 2.04. The molecule has 9 heteroatoms. The predicted molar refractivity (Wildman–Crippen MR) is 99.9 cm³/mol. The summed E-state index contributed by atoms with van der Waals surface area (Å²) in [6.45, 7) is 2.83. The molecule has 0 fully saturated rings. The van der Waals surface area contributed by atoms with Crippen LogP contribution >= 0.6 is 0 Å². The van der Waals surface area contributed by atoms with Crippen molar-refractivity contribution in [3.63, 3.8) is 0 Å². The lowest BCUT2D eigenvalue weighted by Crippen LogP contribution is -2.48. The van der Waals surface area contributed by atoms with Crippen molar-refractivity contribution in [2.75, 3.05) is 32.6 Å². The largest absolute Gasteiger partial charge is 0.454 e. The highest BCUT2D eigenvalue weighted by atomic mass is 16.5. The summed E-state index contributed by atoms with van der Waals surface area (Å²) in [6, 6.07) is 7.29. The first-order valence-electron chi connectivity index (χ1n) is 8.48. The van der Waals surface area contributed by atoms with E-state index in [2.05, 4.69) is 16.0 Å². The SMILES string of the molecule is CNC(=O)CN(C)C(=O)COC(=O)[C@@H](NC(=O)Nc1ccccc1)C(C)C. The van der Waals surface area contributed by atoms with Gasteiger partial charge in [0.25, 0.3) is 5.91 Å². The number of esters is 1. The van der Waals surface area contributed by atoms with Crippen LogP contribution in [0.3, 0.4) is 0 Å². The second-order valence-electron chi connectivity index (χ2n) is 6.22. The van der Waals surface area contributed by atoms with Crippen molar-refractivity contribution in [3.8, 4) is 0 Å². The summed E-state index contributed by atoms with van der Waals surface area (Å²) in [7, 11) is 2.89. The Bertz CT molecular complexity index is 663. The number of urea groups is 1. The van der Waals surface area contributed by atoms with E-state index in [-0.39, 0.29) is 18.4 Å². The highest BCUT2D eigenvalue weighted by Gasteiger charge is 2.27. The maximum absolute atomic E-state index is 12.3. The quantitative estimate of drug-likeness (QED) is 0.572. The van der Waals surface area contributed by atoms with Crippen LogP contribution in [0.5, 0.6) is 0 Å². The van der Waals surface area contributed by atoms with Crippen LogP contribution in [0.15, 0.2) is 30.3 Å². The molecular weight excluding hydrogens is 352 g/mol. The predicted octanol–water partition coefficient (Wildman–Crippen LogP) is 0.580. The molecule has 0 saturated carbocycles. The van der Waals surface area contributed by atoms with Gasteiger partial charge in [-0.1, -0.05) is 32.0 Å². The maximum Gasteiger partial charge on any atom is 0.329 e. The number of hydrogen-bond donors (Lipinski definition) is 3. The monoisotopic (exact) mass is 378 g/mol. The smallest absolute Gasteiger partial charge is 0.329 e. The van der Waals surface area contributed by atoms with E-state index in [1.165, 1.54) is 14.1 Å². The van der Waals surface area contributed by atoms with E-state index in [1.54, 1.807) is 38.1 Å². The Morgan fingerprint density at radius 3 is 2.30 bits per heavy atom. The number of carbonyl (C=O) groups excluding carboxylic acids is 4. The zero-order valence-electron chi connectivity index (χ0n) is 15.9. The van der Waals surface area contributed by atoms with Crippen molar-refractivity contribution in [1.29, 1.82) is 0 Å². The first-order chi connectivity index (χ1) is 12.7. The number of ether oxygens (including phenoxy) is 1. The fourth-order valence-electron chi connectivity index (χ4n) is 2.04. The number of para-hydroxylation sites is 1. The average molecular weight is 378 g/mol. The van der Waals surface area contributed by atoms with E-state index in [0.717, 1.165) is 4.90 Å². The van der Waals surface area contributed by atoms with Crippen LogP contribution in [0, 0.1) is 5.92 Å². The van der Waals surface area contributed by atoms with E-state index in [9.17, 15) is 19.2 Å². The number of nitrogens with zero attached hydrogens (tertiary/aromatic N) is 1. The molecule has 0 heterocycles. The van der Waals surface area contributed by atoms with Gasteiger partial charge in [0.15, 0.2) is 6.61 Å². The van der Waals surface area contributed by atoms with E-state index in [1.807, 2.05) is 6.07 Å². The molecule has 3 N–H and O–H groups in total. The summed E-state index contributed by atoms with van der Waals surface area (Å²) in [5.41, 5.74) is 0.580. The fraction of sp³-hybridized carbons (Fsp3) is 0.444. The molecule has 0 aromatic heterocycles. The number of anilines is 1. The van der Waals surface area contributed by atoms with Gasteiger partial charge in [0.05, 0.1) is 6.54 Å². The lowest BCUT2D eigenvalue weighted by atomic mass is 10.1. The molecule has 0 aliphatic carbocycles. The Morgan fingerprint density at radius 1 is 1.11 bits per heavy atom. The van der Waals surface area contributed by atoms with Crippen LogP contribution in [-0.2, 0) is 19.1 Å². The van der Waals surface area contributed by atoms with Gasteiger partial charge in [-0.15, -0.1) is 0 Å². The van der Waals surface area contributed by atoms with Gasteiger partial charge in [0, 0.05) is 19.8 Å². The second kappa shape index (κ2) is 10.8. The Kier molecular flexibility index (Phi) is 8.77. The summed E-state index contributed by atoms with van der Waals surface area (Å²) >= 11 is 0. The lowest BCUT2D eigenvalue weighted by Gasteiger charge is -2.22. The minimum atomic E-state index is -0.925. The first kappa shape index (κ1) is 21.9. The Morgan fingerprint density at radius 2 is 1.74 bits per heavy atom. The number of hydrogen-bond acceptors (Lipinski definition) is 5. The van der Waals surface area contributed by atoms with Crippen LogP contribution < -0.4 is 16.0 Å². The Balaban J connectivity index is 2.56. The number of benzene rings is 1. The average Bonchev–Trinajstić information content (AvgIpc) is 2.64. The van der Waals surface area contributed by atoms with Gasteiger partial charge in [0.2, 0.25) is 5.91 Å². The van der Waals surface area contributed by atoms with Crippen LogP contribution in [0.2, 0.25) is 0 Å². The zero-order valence-corrected chi connectivity index (χ0v) is 15.9. The standard InChI is InChI=1S/C18H26N4O5/c1-12(2)16(21-18(26)20-13-8-6-5-7-9-13)17(25)27-11-15(24)22(4)10-14(23)19-3/h5-9,12,16H,10-11H2,1-4H3,(H,19,23)(H2,20,21,26)/t16-/m0/s1. The van der Waals surface area contributed by atoms with Crippen molar-refractivity contribution < 1.29 is 23.9 Å². The highest BCUT2D eigenvalue weighted by Crippen LogP contribution is 2.07. The lowest BCUT2D eigenvalue weighted by molar-refractivity contribution is -0.154. The molecule has 1 rings (SSSR count). The molecule has 0 radical (unpaired) electrons. The van der Waals surface area contributed by atoms with Crippen LogP contribution in [-0.4, -0.2) is 62.0 Å². The van der Waals surface area contributed by atoms with Gasteiger partial charge in [-0.05, 0) is 18.1 Å². The third-order valence-corrected chi connectivity index (χ3v) is 3.66. The first-order valence-corrected chi connectivity index (χ1v) is 8.48. The van der Waals surface area contributed by atoms with Crippen molar-refractivity contribution in [2.45, 2.75) is 19.9 Å². The van der Waals surface area contributed by atoms with Gasteiger partial charge < -0.3 is 25.6 Å². The van der Waals surface area contributed by atoms with Crippen molar-refractivity contribution in [3.05, 3.63) is 30.3 Å². The van der Waals surface area contributed by atoms with Gasteiger partial charge >= 0.3 is 12.0 Å². The van der Waals surface area contributed by atoms with Gasteiger partial charge in [-0.25, -0.2) is 9.59 Å². The molecule has 1 atom stereocenters. The highest BCUT2D eigenvalue weighted by molar-refractivity contribution is 5.93. The van der Waals surface area contributed by atoms with Gasteiger partial charge in [-0.3, -0.25) is 9.59 Å². The summed E-state index contributed by atoms with van der Waals surface area (Å²) in [5.74, 6) is -1.84. The molecule has 0 unspecified atom stereocenters. The van der Waals surface area contributed by atoms with E-state index in [4.69, 9.17) is 4.74 Å². The minimum Gasteiger partial charge on any atom is -0.454 e. The molecular formula is C18H26N4O5. The molecule has 0 aliphatic heterocycles. The number of rotatable bonds is 8. The van der Waals surface area contributed by atoms with Gasteiger partial charge in [-0.2, -0.15) is 0 Å². The molecule has 0 saturated heterocycles. The van der Waals surface area contributed by atoms with Crippen LogP contribution in [0.1, 0.15) is 13.8 Å². The number of carbonyl (C=O) groups is 4. The third kappa shape index (κ3) is 7.76. The molecule has 27 heavy (non-hydrogen) atoms. The van der Waals surface area contributed by atoms with Crippen molar-refractivity contribution >= 4 is 29.5 Å². The molecule has 0 aliphatic rings. The van der Waals surface area contributed by atoms with E-state index >= 15 is 0 Å². The Hall–Kier alpha value is -3.10. The maximum atomic E-state index is 12.3. The molecule has 148 valence electrons. The normalized spacial score (nSPS) is 11.3. The summed E-state index contributed by atoms with van der Waals surface area (Å²) < 4.78 is 5.01. The van der Waals surface area contributed by atoms with Crippen LogP contribution in [0.4, 0.5) is 10.5 Å². The van der Waals surface area contributed by atoms with Crippen molar-refractivity contribution in [2.24, 2.45) is 5.92 Å². The van der Waals surface area contributed by atoms with E-state index in [0.29, 0.717) is 5.69 Å². The second-order valence-corrected chi connectivity index (χ2v) is 6.22. The van der Waals surface area contributed by atoms with E-state index < -0.39 is 30.6 Å². The van der Waals surface area contributed by atoms with Gasteiger partial charge in [0.1, 0.15) is 6.04 Å².